The maximum atomic E-state index is 14.8. The molecular weight excluding hydrogens is 581 g/mol. The Kier molecular flexibility index (Phi) is 9.64. The number of rotatable bonds is 7. The summed E-state index contributed by atoms with van der Waals surface area (Å²) in [6.45, 7) is -0.893. The van der Waals surface area contributed by atoms with Crippen LogP contribution in [-0.2, 0) is 11.0 Å². The normalized spacial score (nSPS) is 14.5. The summed E-state index contributed by atoms with van der Waals surface area (Å²) in [6, 6.07) is 1.09. The standard InChI is InChI=1S/C23H16ClF11N2O2/c1-10(19(38)36-9-21(27,28)29)37-20(39)13-4-2-12(6-15(13)23(33,34)35)18(26)8-14(22(30,31)32)11-3-5-17(25)16(24)7-11/h2-8,10,14H,9H2,1H3,(H,36,38)(H,37,39)/b18-8-. The van der Waals surface area contributed by atoms with E-state index in [0.29, 0.717) is 30.3 Å². The average molecular weight is 597 g/mol. The molecule has 2 N–H and O–H groups in total. The highest BCUT2D eigenvalue weighted by Crippen LogP contribution is 2.40. The Labute approximate surface area is 217 Å². The van der Waals surface area contributed by atoms with Crippen LogP contribution in [0.2, 0.25) is 5.02 Å². The Hall–Kier alpha value is -3.36. The summed E-state index contributed by atoms with van der Waals surface area (Å²) in [5.41, 5.74) is -4.73. The van der Waals surface area contributed by atoms with E-state index >= 15 is 0 Å². The first-order chi connectivity index (χ1) is 17.7. The summed E-state index contributed by atoms with van der Waals surface area (Å²) in [4.78, 5) is 24.0. The Morgan fingerprint density at radius 1 is 0.974 bits per heavy atom. The van der Waals surface area contributed by atoms with Crippen LogP contribution in [0.25, 0.3) is 5.83 Å². The number of amides is 2. The van der Waals surface area contributed by atoms with Gasteiger partial charge < -0.3 is 10.6 Å². The van der Waals surface area contributed by atoms with Crippen LogP contribution in [0, 0.1) is 5.82 Å². The minimum atomic E-state index is -5.35. The maximum absolute atomic E-state index is 14.8. The molecule has 39 heavy (non-hydrogen) atoms. The van der Waals surface area contributed by atoms with Gasteiger partial charge in [0.25, 0.3) is 5.91 Å². The summed E-state index contributed by atoms with van der Waals surface area (Å²) in [7, 11) is 0. The molecule has 0 aliphatic carbocycles. The van der Waals surface area contributed by atoms with Crippen molar-refractivity contribution in [3.05, 3.63) is 75.6 Å². The Bertz CT molecular complexity index is 1250. The van der Waals surface area contributed by atoms with Gasteiger partial charge in [0.2, 0.25) is 5.91 Å². The molecule has 2 unspecified atom stereocenters. The van der Waals surface area contributed by atoms with Gasteiger partial charge in [-0.2, -0.15) is 39.5 Å². The highest BCUT2D eigenvalue weighted by atomic mass is 35.5. The van der Waals surface area contributed by atoms with Gasteiger partial charge in [-0.25, -0.2) is 8.78 Å². The van der Waals surface area contributed by atoms with Gasteiger partial charge in [0.15, 0.2) is 0 Å². The van der Waals surface area contributed by atoms with Gasteiger partial charge in [-0.05, 0) is 42.8 Å². The lowest BCUT2D eigenvalue weighted by Crippen LogP contribution is -2.47. The number of alkyl halides is 9. The second kappa shape index (κ2) is 11.8. The van der Waals surface area contributed by atoms with Crippen LogP contribution in [-0.4, -0.2) is 36.8 Å². The third-order valence-corrected chi connectivity index (χ3v) is 5.31. The van der Waals surface area contributed by atoms with E-state index in [0.717, 1.165) is 6.92 Å². The first-order valence-corrected chi connectivity index (χ1v) is 10.8. The van der Waals surface area contributed by atoms with E-state index in [9.17, 15) is 57.9 Å². The number of carbonyl (C=O) groups is 2. The molecule has 214 valence electrons. The predicted molar refractivity (Wildman–Crippen MR) is 117 cm³/mol. The summed E-state index contributed by atoms with van der Waals surface area (Å²) >= 11 is 5.48. The fourth-order valence-electron chi connectivity index (χ4n) is 3.13. The van der Waals surface area contributed by atoms with Gasteiger partial charge in [-0.1, -0.05) is 23.7 Å². The molecule has 0 heterocycles. The minimum absolute atomic E-state index is 0.0419. The minimum Gasteiger partial charge on any atom is -0.345 e. The monoisotopic (exact) mass is 596 g/mol. The van der Waals surface area contributed by atoms with Gasteiger partial charge in [0.05, 0.1) is 16.1 Å². The molecule has 0 saturated carbocycles. The van der Waals surface area contributed by atoms with Crippen LogP contribution in [0.1, 0.15) is 39.9 Å². The summed E-state index contributed by atoms with van der Waals surface area (Å²) in [5.74, 6) is -8.55. The van der Waals surface area contributed by atoms with Crippen molar-refractivity contribution in [3.63, 3.8) is 0 Å². The Morgan fingerprint density at radius 2 is 1.59 bits per heavy atom. The molecule has 0 aliphatic heterocycles. The number of benzene rings is 2. The zero-order valence-corrected chi connectivity index (χ0v) is 20.0. The first kappa shape index (κ1) is 31.9. The van der Waals surface area contributed by atoms with Crippen molar-refractivity contribution >= 4 is 29.2 Å². The van der Waals surface area contributed by atoms with Crippen LogP contribution in [0.15, 0.2) is 42.5 Å². The smallest absolute Gasteiger partial charge is 0.345 e. The lowest BCUT2D eigenvalue weighted by Gasteiger charge is -2.19. The van der Waals surface area contributed by atoms with E-state index in [2.05, 4.69) is 0 Å². The van der Waals surface area contributed by atoms with E-state index in [1.807, 2.05) is 0 Å². The highest BCUT2D eigenvalue weighted by molar-refractivity contribution is 6.30. The number of allylic oxidation sites excluding steroid dienone is 1. The third kappa shape index (κ3) is 8.83. The number of nitrogens with one attached hydrogen (secondary N) is 2. The molecule has 0 bridgehead atoms. The highest BCUT2D eigenvalue weighted by Gasteiger charge is 2.41. The van der Waals surface area contributed by atoms with Crippen LogP contribution >= 0.6 is 11.6 Å². The molecule has 2 atom stereocenters. The number of hydrogen-bond acceptors (Lipinski definition) is 2. The predicted octanol–water partition coefficient (Wildman–Crippen LogP) is 6.95. The van der Waals surface area contributed by atoms with E-state index in [4.69, 9.17) is 11.6 Å². The number of halogens is 12. The van der Waals surface area contributed by atoms with Gasteiger partial charge in [0, 0.05) is 5.56 Å². The van der Waals surface area contributed by atoms with E-state index in [-0.39, 0.29) is 12.1 Å². The zero-order valence-electron chi connectivity index (χ0n) is 19.3. The molecule has 0 fully saturated rings. The topological polar surface area (TPSA) is 58.2 Å². The quantitative estimate of drug-likeness (QED) is 0.340. The molecule has 0 spiro atoms. The van der Waals surface area contributed by atoms with Crippen molar-refractivity contribution in [1.82, 2.24) is 10.6 Å². The zero-order chi connectivity index (χ0) is 29.9. The van der Waals surface area contributed by atoms with E-state index in [1.54, 1.807) is 5.32 Å². The second-order valence-electron chi connectivity index (χ2n) is 7.99. The van der Waals surface area contributed by atoms with Gasteiger partial charge in [-0.3, -0.25) is 9.59 Å². The summed E-state index contributed by atoms with van der Waals surface area (Å²) in [5, 5.41) is 2.46. The van der Waals surface area contributed by atoms with E-state index < -0.39 is 87.8 Å². The molecule has 16 heteroatoms. The summed E-state index contributed by atoms with van der Waals surface area (Å²) in [6.07, 6.45) is -15.4. The van der Waals surface area contributed by atoms with E-state index in [1.165, 1.54) is 5.32 Å². The fourth-order valence-corrected chi connectivity index (χ4v) is 3.32. The van der Waals surface area contributed by atoms with Gasteiger partial charge >= 0.3 is 18.5 Å². The molecule has 2 rings (SSSR count). The van der Waals surface area contributed by atoms with Crippen molar-refractivity contribution in [3.8, 4) is 0 Å². The molecule has 0 aromatic heterocycles. The lowest BCUT2D eigenvalue weighted by molar-refractivity contribution is -0.140. The molecule has 2 aromatic carbocycles. The average Bonchev–Trinajstić information content (AvgIpc) is 2.80. The third-order valence-electron chi connectivity index (χ3n) is 5.02. The molecule has 4 nitrogen and oxygen atoms in total. The van der Waals surface area contributed by atoms with Crippen molar-refractivity contribution < 1.29 is 57.9 Å². The van der Waals surface area contributed by atoms with Crippen molar-refractivity contribution in [2.24, 2.45) is 0 Å². The van der Waals surface area contributed by atoms with Gasteiger partial charge in [-0.15, -0.1) is 0 Å². The van der Waals surface area contributed by atoms with Crippen LogP contribution in [0.5, 0.6) is 0 Å². The molecule has 0 aliphatic rings. The molecule has 2 amide bonds. The summed E-state index contributed by atoms with van der Waals surface area (Å²) < 4.78 is 147. The van der Waals surface area contributed by atoms with Crippen LogP contribution < -0.4 is 10.6 Å². The number of carbonyl (C=O) groups excluding carboxylic acids is 2. The van der Waals surface area contributed by atoms with Gasteiger partial charge in [0.1, 0.15) is 30.1 Å². The fraction of sp³-hybridized carbons (Fsp3) is 0.304. The lowest BCUT2D eigenvalue weighted by atomic mass is 9.95. The Morgan fingerprint density at radius 3 is 2.10 bits per heavy atom. The second-order valence-corrected chi connectivity index (χ2v) is 8.40. The molecule has 0 saturated heterocycles. The first-order valence-electron chi connectivity index (χ1n) is 10.5. The van der Waals surface area contributed by atoms with Crippen molar-refractivity contribution in [1.29, 1.82) is 0 Å². The largest absolute Gasteiger partial charge is 0.417 e. The van der Waals surface area contributed by atoms with Crippen LogP contribution in [0.3, 0.4) is 0 Å². The number of hydrogen-bond donors (Lipinski definition) is 2. The molecular formula is C23H16ClF11N2O2. The molecule has 0 radical (unpaired) electrons. The van der Waals surface area contributed by atoms with Crippen LogP contribution in [0.4, 0.5) is 48.3 Å². The SMILES string of the molecule is CC(NC(=O)c1ccc(/C(F)=C/C(c2ccc(F)c(Cl)c2)C(F)(F)F)cc1C(F)(F)F)C(=O)NCC(F)(F)F. The maximum Gasteiger partial charge on any atom is 0.417 e. The van der Waals surface area contributed by atoms with Crippen molar-refractivity contribution in [2.75, 3.05) is 6.54 Å². The Balaban J connectivity index is 2.42. The molecule has 2 aromatic rings. The van der Waals surface area contributed by atoms with Crippen molar-refractivity contribution in [2.45, 2.75) is 37.4 Å².